The predicted octanol–water partition coefficient (Wildman–Crippen LogP) is 17.7. The molecule has 8 aromatic carbocycles. The summed E-state index contributed by atoms with van der Waals surface area (Å²) in [5, 5.41) is 12.7. The van der Waals surface area contributed by atoms with Gasteiger partial charge in [-0.25, -0.2) is 4.98 Å². The van der Waals surface area contributed by atoms with Crippen LogP contribution in [0.5, 0.6) is 5.75 Å². The maximum Gasteiger partial charge on any atom is 0.149 e. The Morgan fingerprint density at radius 2 is 1.06 bits per heavy atom. The first kappa shape index (κ1) is 33.6. The molecule has 2 aromatic heterocycles. The molecule has 0 unspecified atom stereocenters. The van der Waals surface area contributed by atoms with E-state index in [1.165, 1.54) is 0 Å². The molecule has 0 fully saturated rings. The Bertz CT molecular complexity index is 4190. The molecule has 0 aliphatic heterocycles. The Morgan fingerprint density at radius 1 is 0.457 bits per heavy atom. The number of hydrogen-bond acceptors (Lipinski definition) is 3. The van der Waals surface area contributed by atoms with Gasteiger partial charge in [-0.1, -0.05) is 202 Å². The molecule has 0 amide bonds. The molecular formula is C66H61N3O. The third-order valence-corrected chi connectivity index (χ3v) is 12.7. The Labute approximate surface area is 430 Å². The van der Waals surface area contributed by atoms with Crippen LogP contribution in [0, 0.1) is 0 Å². The lowest BCUT2D eigenvalue weighted by Crippen LogP contribution is -2.17. The maximum atomic E-state index is 12.7. The molecule has 0 saturated carbocycles. The fourth-order valence-electron chi connectivity index (χ4n) is 8.85. The molecule has 0 saturated heterocycles. The summed E-state index contributed by atoms with van der Waals surface area (Å²) in [6, 6.07) is 34.2. The highest BCUT2D eigenvalue weighted by atomic mass is 16.3. The highest BCUT2D eigenvalue weighted by molar-refractivity contribution is 5.98. The molecular weight excluding hydrogens is 851 g/mol. The molecule has 346 valence electrons. The van der Waals surface area contributed by atoms with E-state index in [-0.39, 0.29) is 22.3 Å². The van der Waals surface area contributed by atoms with Crippen LogP contribution < -0.4 is 0 Å². The first-order chi connectivity index (χ1) is 38.5. The molecule has 2 heterocycles. The molecule has 0 spiro atoms. The molecule has 10 aromatic rings. The second-order valence-corrected chi connectivity index (χ2v) is 20.8. The fourth-order valence-corrected chi connectivity index (χ4v) is 8.85. The van der Waals surface area contributed by atoms with Gasteiger partial charge >= 0.3 is 0 Å². The first-order valence-electron chi connectivity index (χ1n) is 29.5. The van der Waals surface area contributed by atoms with Gasteiger partial charge in [0.2, 0.25) is 0 Å². The average molecular weight is 924 g/mol. The van der Waals surface area contributed by atoms with Crippen molar-refractivity contribution in [3.63, 3.8) is 0 Å². The standard InChI is InChI=1S/C66H61N3O/c1-64(2,3)52-32-33-59(55(40-52)47-24-17-12-18-25-47)69-60-27-19-26-54(61(60)68-63(69)56-41-53(65(4,5)6)42-57(62(56)70)66(7,8)9)50-36-49(44-22-15-11-16-23-44)37-51(38-50)58-39-48(34-35-67-58)46-30-28-45(29-31-46)43-20-13-10-14-21-43/h10-42,70H,1-9H3/i10D,13D,14D,20D,21D,28D,29D,30D,31D,34D,35D,39D. The number of aromatic nitrogens is 3. The largest absolute Gasteiger partial charge is 0.507 e. The van der Waals surface area contributed by atoms with Gasteiger partial charge in [-0.2, -0.15) is 0 Å². The van der Waals surface area contributed by atoms with Gasteiger partial charge < -0.3 is 5.11 Å². The smallest absolute Gasteiger partial charge is 0.149 e. The van der Waals surface area contributed by atoms with E-state index in [1.807, 2.05) is 84.9 Å². The van der Waals surface area contributed by atoms with Crippen LogP contribution in [0.2, 0.25) is 0 Å². The molecule has 0 radical (unpaired) electrons. The minimum atomic E-state index is -0.757. The summed E-state index contributed by atoms with van der Waals surface area (Å²) >= 11 is 0. The van der Waals surface area contributed by atoms with Crippen LogP contribution in [-0.2, 0) is 16.2 Å². The van der Waals surface area contributed by atoms with Gasteiger partial charge in [0.15, 0.2) is 0 Å². The molecule has 0 bridgehead atoms. The van der Waals surface area contributed by atoms with Crippen molar-refractivity contribution < 1.29 is 21.6 Å². The van der Waals surface area contributed by atoms with Gasteiger partial charge in [0, 0.05) is 28.4 Å². The van der Waals surface area contributed by atoms with E-state index in [2.05, 4.69) is 108 Å². The van der Waals surface area contributed by atoms with Crippen LogP contribution in [0.15, 0.2) is 200 Å². The Hall–Kier alpha value is -7.82. The molecule has 0 atom stereocenters. The number of imidazole rings is 1. The zero-order chi connectivity index (χ0) is 59.4. The van der Waals surface area contributed by atoms with Gasteiger partial charge in [0.25, 0.3) is 0 Å². The average Bonchev–Trinajstić information content (AvgIpc) is 2.66. The highest BCUT2D eigenvalue weighted by Crippen LogP contribution is 2.46. The summed E-state index contributed by atoms with van der Waals surface area (Å²) in [5.41, 5.74) is 7.60. The molecule has 70 heavy (non-hydrogen) atoms. The maximum absolute atomic E-state index is 12.7. The van der Waals surface area contributed by atoms with Crippen molar-refractivity contribution in [3.05, 3.63) is 217 Å². The van der Waals surface area contributed by atoms with Crippen LogP contribution in [-0.4, -0.2) is 19.6 Å². The van der Waals surface area contributed by atoms with E-state index in [1.54, 1.807) is 6.07 Å². The van der Waals surface area contributed by atoms with E-state index in [0.29, 0.717) is 39.2 Å². The van der Waals surface area contributed by atoms with Gasteiger partial charge in [-0.05, 0) is 126 Å². The number of rotatable bonds is 8. The quantitative estimate of drug-likeness (QED) is 0.165. The van der Waals surface area contributed by atoms with Crippen LogP contribution in [0.25, 0.3) is 95.0 Å². The minimum Gasteiger partial charge on any atom is -0.507 e. The van der Waals surface area contributed by atoms with Gasteiger partial charge in [0.05, 0.1) is 44.4 Å². The van der Waals surface area contributed by atoms with E-state index in [4.69, 9.17) is 17.3 Å². The second kappa shape index (κ2) is 17.9. The lowest BCUT2D eigenvalue weighted by Gasteiger charge is -2.28. The summed E-state index contributed by atoms with van der Waals surface area (Å²) in [6.45, 7) is 19.2. The molecule has 0 aliphatic carbocycles. The zero-order valence-corrected chi connectivity index (χ0v) is 40.9. The lowest BCUT2D eigenvalue weighted by atomic mass is 9.79. The fraction of sp³-hybridized carbons (Fsp3) is 0.182. The summed E-state index contributed by atoms with van der Waals surface area (Å²) in [7, 11) is 0. The van der Waals surface area contributed by atoms with Crippen molar-refractivity contribution in [2.24, 2.45) is 0 Å². The number of phenolic OH excluding ortho intramolecular Hbond substituents is 1. The zero-order valence-electron chi connectivity index (χ0n) is 52.9. The molecule has 4 heteroatoms. The number of phenols is 1. The second-order valence-electron chi connectivity index (χ2n) is 20.8. The number of aromatic hydroxyl groups is 1. The predicted molar refractivity (Wildman–Crippen MR) is 295 cm³/mol. The van der Waals surface area contributed by atoms with Gasteiger partial charge in [-0.3, -0.25) is 9.55 Å². The Balaban J connectivity index is 1.27. The number of nitrogens with zero attached hydrogens (tertiary/aromatic N) is 3. The van der Waals surface area contributed by atoms with Crippen LogP contribution >= 0.6 is 0 Å². The highest BCUT2D eigenvalue weighted by Gasteiger charge is 2.30. The summed E-state index contributed by atoms with van der Waals surface area (Å²) in [5.74, 6) is 0.609. The summed E-state index contributed by atoms with van der Waals surface area (Å²) in [4.78, 5) is 10.1. The van der Waals surface area contributed by atoms with Crippen molar-refractivity contribution in [1.82, 2.24) is 14.5 Å². The van der Waals surface area contributed by atoms with E-state index >= 15 is 0 Å². The number of hydrogen-bond donors (Lipinski definition) is 1. The van der Waals surface area contributed by atoms with Crippen LogP contribution in [0.1, 0.15) is 95.5 Å². The molecule has 0 aliphatic rings. The van der Waals surface area contributed by atoms with Crippen molar-refractivity contribution in [2.75, 3.05) is 0 Å². The van der Waals surface area contributed by atoms with Crippen LogP contribution in [0.4, 0.5) is 0 Å². The topological polar surface area (TPSA) is 50.9 Å². The van der Waals surface area contributed by atoms with Crippen molar-refractivity contribution in [3.8, 4) is 89.7 Å². The third-order valence-electron chi connectivity index (χ3n) is 12.7. The monoisotopic (exact) mass is 924 g/mol. The van der Waals surface area contributed by atoms with E-state index in [0.717, 1.165) is 44.6 Å². The van der Waals surface area contributed by atoms with E-state index in [9.17, 15) is 9.22 Å². The molecule has 10 rings (SSSR count). The molecule has 4 nitrogen and oxygen atoms in total. The number of para-hydroxylation sites is 1. The number of benzene rings is 8. The number of pyridine rings is 1. The van der Waals surface area contributed by atoms with Gasteiger partial charge in [-0.15, -0.1) is 0 Å². The summed E-state index contributed by atoms with van der Waals surface area (Å²) < 4.78 is 109. The third kappa shape index (κ3) is 8.98. The van der Waals surface area contributed by atoms with Crippen LogP contribution in [0.3, 0.4) is 0 Å². The van der Waals surface area contributed by atoms with E-state index < -0.39 is 100 Å². The number of fused-ring (bicyclic) bond motifs is 1. The van der Waals surface area contributed by atoms with Crippen molar-refractivity contribution in [2.45, 2.75) is 78.6 Å². The Kier molecular flexibility index (Phi) is 8.61. The Morgan fingerprint density at radius 3 is 1.71 bits per heavy atom. The SMILES string of the molecule is [2H]c1nc(-c2cc(-c3ccccc3)cc(-c3cccc4c3nc(-c3cc(C(C)(C)C)cc(C(C)(C)C)c3O)n4-c3ccc(C(C)(C)C)cc3-c3ccccc3)c2)c([2H])c(-c2c([2H])c([2H])c(-c3c([2H])c([2H])c([2H])c([2H])c3[2H])c([2H])c2[2H])c1[2H]. The molecule has 1 N–H and O–H groups in total. The van der Waals surface area contributed by atoms with Gasteiger partial charge in [0.1, 0.15) is 11.6 Å². The minimum absolute atomic E-state index is 0.0925. The normalized spacial score (nSPS) is 14.5. The van der Waals surface area contributed by atoms with Crippen molar-refractivity contribution in [1.29, 1.82) is 0 Å². The van der Waals surface area contributed by atoms with Crippen molar-refractivity contribution >= 4 is 11.0 Å². The summed E-state index contributed by atoms with van der Waals surface area (Å²) in [6.07, 6.45) is -0.608. The lowest BCUT2D eigenvalue weighted by molar-refractivity contribution is 0.446. The first-order valence-corrected chi connectivity index (χ1v) is 23.5.